The van der Waals surface area contributed by atoms with E-state index in [9.17, 15) is 19.2 Å². The van der Waals surface area contributed by atoms with E-state index in [1.807, 2.05) is 9.80 Å². The SMILES string of the molecule is NC(=O)CCC1CCCN(C(=O)C2(C(=O)N3CCCC(CCC(N)=O)C3)CCC2)C1. The summed E-state index contributed by atoms with van der Waals surface area (Å²) in [7, 11) is 0. The second-order valence-corrected chi connectivity index (χ2v) is 9.46. The molecule has 2 unspecified atom stereocenters. The standard InChI is InChI=1S/C22H36N4O4/c23-18(27)8-6-16-4-1-12-25(14-16)20(29)22(10-3-11-22)21(30)26-13-2-5-17(15-26)7-9-19(24)28/h16-17H,1-15H2,(H2,23,27)(H2,24,28). The first kappa shape index (κ1) is 22.6. The highest BCUT2D eigenvalue weighted by Gasteiger charge is 2.54. The van der Waals surface area contributed by atoms with Crippen molar-refractivity contribution in [1.82, 2.24) is 9.80 Å². The quantitative estimate of drug-likeness (QED) is 0.571. The van der Waals surface area contributed by atoms with E-state index in [1.165, 1.54) is 0 Å². The molecule has 2 heterocycles. The molecule has 1 aliphatic carbocycles. The molecule has 1 saturated carbocycles. The lowest BCUT2D eigenvalue weighted by atomic mass is 9.66. The number of carbonyl (C=O) groups excluding carboxylic acids is 4. The maximum atomic E-state index is 13.5. The molecule has 0 bridgehead atoms. The zero-order valence-corrected chi connectivity index (χ0v) is 17.9. The second kappa shape index (κ2) is 9.79. The van der Waals surface area contributed by atoms with Crippen LogP contribution in [0.15, 0.2) is 0 Å². The van der Waals surface area contributed by atoms with Crippen LogP contribution in [-0.4, -0.2) is 59.6 Å². The fourth-order valence-corrected chi connectivity index (χ4v) is 5.32. The van der Waals surface area contributed by atoms with Crippen molar-refractivity contribution in [1.29, 1.82) is 0 Å². The van der Waals surface area contributed by atoms with Crippen LogP contribution in [0.4, 0.5) is 0 Å². The third kappa shape index (κ3) is 5.13. The molecule has 2 atom stereocenters. The third-order valence-corrected chi connectivity index (χ3v) is 7.24. The first-order valence-corrected chi connectivity index (χ1v) is 11.5. The van der Waals surface area contributed by atoms with Crippen molar-refractivity contribution in [3.05, 3.63) is 0 Å². The van der Waals surface area contributed by atoms with Gasteiger partial charge in [0.2, 0.25) is 23.6 Å². The minimum Gasteiger partial charge on any atom is -0.370 e. The van der Waals surface area contributed by atoms with Gasteiger partial charge in [-0.3, -0.25) is 19.2 Å². The van der Waals surface area contributed by atoms with Crippen molar-refractivity contribution >= 4 is 23.6 Å². The van der Waals surface area contributed by atoms with Crippen LogP contribution in [0.2, 0.25) is 0 Å². The van der Waals surface area contributed by atoms with Crippen LogP contribution in [0.1, 0.15) is 70.6 Å². The Bertz CT molecular complexity index is 624. The summed E-state index contributed by atoms with van der Waals surface area (Å²) in [6.07, 6.45) is 8.02. The summed E-state index contributed by atoms with van der Waals surface area (Å²) in [5, 5.41) is 0. The van der Waals surface area contributed by atoms with Gasteiger partial charge in [0, 0.05) is 39.0 Å². The number of hydrogen-bond donors (Lipinski definition) is 2. The van der Waals surface area contributed by atoms with Crippen LogP contribution < -0.4 is 11.5 Å². The van der Waals surface area contributed by atoms with E-state index < -0.39 is 5.41 Å². The number of likely N-dealkylation sites (tertiary alicyclic amines) is 2. The number of nitrogens with zero attached hydrogens (tertiary/aromatic N) is 2. The normalized spacial score (nSPS) is 26.0. The Morgan fingerprint density at radius 1 is 0.733 bits per heavy atom. The van der Waals surface area contributed by atoms with E-state index in [4.69, 9.17) is 11.5 Å². The number of amides is 4. The van der Waals surface area contributed by atoms with Crippen molar-refractivity contribution in [2.75, 3.05) is 26.2 Å². The van der Waals surface area contributed by atoms with Gasteiger partial charge in [-0.2, -0.15) is 0 Å². The molecule has 0 aromatic rings. The second-order valence-electron chi connectivity index (χ2n) is 9.46. The Balaban J connectivity index is 1.62. The summed E-state index contributed by atoms with van der Waals surface area (Å²) in [4.78, 5) is 52.9. The summed E-state index contributed by atoms with van der Waals surface area (Å²) in [5.41, 5.74) is 9.65. The van der Waals surface area contributed by atoms with Crippen molar-refractivity contribution in [3.8, 4) is 0 Å². The number of hydrogen-bond acceptors (Lipinski definition) is 4. The van der Waals surface area contributed by atoms with Crippen LogP contribution in [0, 0.1) is 17.3 Å². The van der Waals surface area contributed by atoms with Gasteiger partial charge in [0.1, 0.15) is 5.41 Å². The lowest BCUT2D eigenvalue weighted by Crippen LogP contribution is -2.59. The summed E-state index contributed by atoms with van der Waals surface area (Å²) in [6.45, 7) is 2.59. The molecule has 0 radical (unpaired) electrons. The molecule has 3 rings (SSSR count). The van der Waals surface area contributed by atoms with Crippen LogP contribution in [-0.2, 0) is 19.2 Å². The van der Waals surface area contributed by atoms with Gasteiger partial charge in [0.25, 0.3) is 0 Å². The Labute approximate surface area is 178 Å². The Morgan fingerprint density at radius 2 is 1.17 bits per heavy atom. The van der Waals surface area contributed by atoms with Crippen molar-refractivity contribution < 1.29 is 19.2 Å². The van der Waals surface area contributed by atoms with E-state index in [2.05, 4.69) is 0 Å². The Hall–Kier alpha value is -2.12. The first-order valence-electron chi connectivity index (χ1n) is 11.5. The number of carbonyl (C=O) groups is 4. The lowest BCUT2D eigenvalue weighted by Gasteiger charge is -2.47. The summed E-state index contributed by atoms with van der Waals surface area (Å²) in [5.74, 6) is -0.116. The summed E-state index contributed by atoms with van der Waals surface area (Å²) in [6, 6.07) is 0. The van der Waals surface area contributed by atoms with Gasteiger partial charge in [0.15, 0.2) is 0 Å². The number of primary amides is 2. The molecule has 0 aromatic carbocycles. The maximum Gasteiger partial charge on any atom is 0.238 e. The first-order chi connectivity index (χ1) is 14.3. The van der Waals surface area contributed by atoms with Crippen LogP contribution >= 0.6 is 0 Å². The largest absolute Gasteiger partial charge is 0.370 e. The van der Waals surface area contributed by atoms with Crippen molar-refractivity contribution in [3.63, 3.8) is 0 Å². The molecule has 3 aliphatic rings. The minimum atomic E-state index is -0.906. The number of rotatable bonds is 8. The lowest BCUT2D eigenvalue weighted by molar-refractivity contribution is -0.165. The smallest absolute Gasteiger partial charge is 0.238 e. The highest BCUT2D eigenvalue weighted by atomic mass is 16.2. The molecule has 2 aliphatic heterocycles. The average molecular weight is 421 g/mol. The molecule has 30 heavy (non-hydrogen) atoms. The molecule has 3 fully saturated rings. The van der Waals surface area contributed by atoms with Crippen LogP contribution in [0.5, 0.6) is 0 Å². The Morgan fingerprint density at radius 3 is 1.50 bits per heavy atom. The molecule has 0 spiro atoms. The molecule has 2 saturated heterocycles. The van der Waals surface area contributed by atoms with Gasteiger partial charge < -0.3 is 21.3 Å². The molecular formula is C22H36N4O4. The van der Waals surface area contributed by atoms with Crippen molar-refractivity contribution in [2.24, 2.45) is 28.7 Å². The van der Waals surface area contributed by atoms with E-state index in [1.54, 1.807) is 0 Å². The van der Waals surface area contributed by atoms with Gasteiger partial charge in [0.05, 0.1) is 0 Å². The molecule has 8 heteroatoms. The summed E-state index contributed by atoms with van der Waals surface area (Å²) < 4.78 is 0. The molecule has 8 nitrogen and oxygen atoms in total. The monoisotopic (exact) mass is 420 g/mol. The average Bonchev–Trinajstić information content (AvgIpc) is 2.70. The predicted octanol–water partition coefficient (Wildman–Crippen LogP) is 1.16. The fraction of sp³-hybridized carbons (Fsp3) is 0.818. The molecule has 4 amide bonds. The molecule has 168 valence electrons. The van der Waals surface area contributed by atoms with Crippen LogP contribution in [0.3, 0.4) is 0 Å². The topological polar surface area (TPSA) is 127 Å². The zero-order valence-electron chi connectivity index (χ0n) is 17.9. The van der Waals surface area contributed by atoms with E-state index in [-0.39, 0.29) is 35.5 Å². The highest BCUT2D eigenvalue weighted by Crippen LogP contribution is 2.45. The summed E-state index contributed by atoms with van der Waals surface area (Å²) >= 11 is 0. The van der Waals surface area contributed by atoms with E-state index in [0.717, 1.165) is 32.1 Å². The maximum absolute atomic E-state index is 13.5. The van der Waals surface area contributed by atoms with Gasteiger partial charge in [-0.15, -0.1) is 0 Å². The Kier molecular flexibility index (Phi) is 7.36. The molecular weight excluding hydrogens is 384 g/mol. The van der Waals surface area contributed by atoms with Crippen molar-refractivity contribution in [2.45, 2.75) is 70.6 Å². The zero-order chi connectivity index (χ0) is 21.7. The molecule has 4 N–H and O–H groups in total. The highest BCUT2D eigenvalue weighted by molar-refractivity contribution is 6.06. The minimum absolute atomic E-state index is 0.0261. The van der Waals surface area contributed by atoms with Gasteiger partial charge >= 0.3 is 0 Å². The van der Waals surface area contributed by atoms with E-state index >= 15 is 0 Å². The number of nitrogens with two attached hydrogens (primary N) is 2. The predicted molar refractivity (Wildman–Crippen MR) is 112 cm³/mol. The van der Waals surface area contributed by atoms with Crippen LogP contribution in [0.25, 0.3) is 0 Å². The van der Waals surface area contributed by atoms with Gasteiger partial charge in [-0.05, 0) is 63.2 Å². The van der Waals surface area contributed by atoms with Gasteiger partial charge in [-0.1, -0.05) is 6.42 Å². The van der Waals surface area contributed by atoms with E-state index in [0.29, 0.717) is 64.7 Å². The third-order valence-electron chi connectivity index (χ3n) is 7.24. The fourth-order valence-electron chi connectivity index (χ4n) is 5.32. The number of piperidine rings is 2. The van der Waals surface area contributed by atoms with Gasteiger partial charge in [-0.25, -0.2) is 0 Å². The molecule has 0 aromatic heterocycles.